The summed E-state index contributed by atoms with van der Waals surface area (Å²) in [6.07, 6.45) is -9.93. The Kier molecular flexibility index (Phi) is 5.51. The molecule has 0 spiro atoms. The lowest BCUT2D eigenvalue weighted by molar-refractivity contribution is -0.224. The van der Waals surface area contributed by atoms with Crippen LogP contribution in [-0.2, 0) is 19.6 Å². The van der Waals surface area contributed by atoms with E-state index in [-0.39, 0.29) is 16.5 Å². The van der Waals surface area contributed by atoms with E-state index >= 15 is 0 Å². The van der Waals surface area contributed by atoms with Gasteiger partial charge in [-0.2, -0.15) is 0 Å². The van der Waals surface area contributed by atoms with Crippen molar-refractivity contribution in [2.24, 2.45) is 0 Å². The van der Waals surface area contributed by atoms with E-state index in [9.17, 15) is 33.6 Å². The van der Waals surface area contributed by atoms with E-state index < -0.39 is 46.6 Å². The van der Waals surface area contributed by atoms with Gasteiger partial charge in [-0.25, -0.2) is 17.5 Å². The number of carboxylic acids is 1. The van der Waals surface area contributed by atoms with Crippen LogP contribution >= 0.6 is 0 Å². The maximum Gasteiger partial charge on any atom is 0.335 e. The van der Waals surface area contributed by atoms with Crippen molar-refractivity contribution in [3.05, 3.63) is 36.1 Å². The maximum atomic E-state index is 13.3. The predicted octanol–water partition coefficient (Wildman–Crippen LogP) is -1.35. The largest absolute Gasteiger partial charge is 0.479 e. The summed E-state index contributed by atoms with van der Waals surface area (Å²) < 4.78 is 37.1. The number of carboxylic acid groups (broad SMARTS) is 1. The number of aliphatic carboxylic acids is 1. The van der Waals surface area contributed by atoms with Gasteiger partial charge in [0, 0.05) is 11.8 Å². The zero-order valence-corrected chi connectivity index (χ0v) is 15.8. The van der Waals surface area contributed by atoms with Crippen LogP contribution in [0.1, 0.15) is 5.76 Å². The molecule has 3 rings (SSSR count). The van der Waals surface area contributed by atoms with Crippen molar-refractivity contribution in [3.8, 4) is 0 Å². The molecule has 0 radical (unpaired) electrons. The summed E-state index contributed by atoms with van der Waals surface area (Å²) in [7, 11) is -4.50. The number of nitrogen functional groups attached to an aromatic ring is 1. The van der Waals surface area contributed by atoms with Crippen LogP contribution in [0.25, 0.3) is 0 Å². The van der Waals surface area contributed by atoms with Crippen molar-refractivity contribution in [2.45, 2.75) is 42.5 Å². The van der Waals surface area contributed by atoms with Gasteiger partial charge in [0.05, 0.1) is 4.90 Å². The van der Waals surface area contributed by atoms with Crippen LogP contribution in [0, 0.1) is 6.92 Å². The zero-order chi connectivity index (χ0) is 21.5. The number of aryl methyl sites for hydroxylation is 1. The topological polar surface area (TPSA) is 197 Å². The Bertz CT molecular complexity index is 991. The molecule has 0 saturated carbocycles. The number of aromatic nitrogens is 1. The highest BCUT2D eigenvalue weighted by atomic mass is 32.2. The summed E-state index contributed by atoms with van der Waals surface area (Å²) >= 11 is 0. The fraction of sp³-hybridized carbons (Fsp3) is 0.375. The molecule has 13 heteroatoms. The monoisotopic (exact) mass is 429 g/mol. The second-order valence-corrected chi connectivity index (χ2v) is 8.24. The summed E-state index contributed by atoms with van der Waals surface area (Å²) in [4.78, 5) is 11.1. The molecule has 158 valence electrons. The minimum atomic E-state index is -4.50. The first-order valence-electron chi connectivity index (χ1n) is 8.30. The lowest BCUT2D eigenvalue weighted by Gasteiger charge is -2.42. The fourth-order valence-corrected chi connectivity index (χ4v) is 4.35. The SMILES string of the molecule is Cc1cc(N([C@@H]2OC(C(=O)O)[C@@H](O)[C@H](O)[C@@H]2O)S(=O)(=O)c2ccc(N)cc2)no1. The first kappa shape index (κ1) is 21.0. The number of hydrogen-bond donors (Lipinski definition) is 5. The number of carbonyl (C=O) groups is 1. The molecule has 12 nitrogen and oxygen atoms in total. The van der Waals surface area contributed by atoms with Gasteiger partial charge in [-0.3, -0.25) is 0 Å². The first-order valence-corrected chi connectivity index (χ1v) is 9.74. The third kappa shape index (κ3) is 3.77. The molecule has 1 aromatic heterocycles. The highest BCUT2D eigenvalue weighted by molar-refractivity contribution is 7.92. The van der Waals surface area contributed by atoms with Crippen LogP contribution in [-0.4, -0.2) is 70.6 Å². The third-order valence-electron chi connectivity index (χ3n) is 4.34. The molecular weight excluding hydrogens is 410 g/mol. The van der Waals surface area contributed by atoms with Crippen molar-refractivity contribution in [1.29, 1.82) is 0 Å². The van der Waals surface area contributed by atoms with Crippen LogP contribution < -0.4 is 10.0 Å². The van der Waals surface area contributed by atoms with Crippen LogP contribution in [0.15, 0.2) is 39.8 Å². The van der Waals surface area contributed by atoms with Crippen LogP contribution in [0.5, 0.6) is 0 Å². The third-order valence-corrected chi connectivity index (χ3v) is 6.12. The van der Waals surface area contributed by atoms with E-state index in [0.717, 1.165) is 0 Å². The molecule has 6 N–H and O–H groups in total. The van der Waals surface area contributed by atoms with Crippen molar-refractivity contribution < 1.29 is 42.9 Å². The quantitative estimate of drug-likeness (QED) is 0.352. The molecule has 1 saturated heterocycles. The van der Waals surface area contributed by atoms with Crippen molar-refractivity contribution >= 4 is 27.5 Å². The fourth-order valence-electron chi connectivity index (χ4n) is 2.86. The molecule has 0 bridgehead atoms. The van der Waals surface area contributed by atoms with Gasteiger partial charge >= 0.3 is 5.97 Å². The molecule has 1 fully saturated rings. The molecule has 2 heterocycles. The van der Waals surface area contributed by atoms with E-state index in [0.29, 0.717) is 9.99 Å². The van der Waals surface area contributed by atoms with Gasteiger partial charge < -0.3 is 35.4 Å². The Morgan fingerprint density at radius 1 is 1.14 bits per heavy atom. The summed E-state index contributed by atoms with van der Waals surface area (Å²) in [6.45, 7) is 1.49. The Hall–Kier alpha value is -2.71. The summed E-state index contributed by atoms with van der Waals surface area (Å²) in [5, 5.41) is 43.2. The molecule has 0 amide bonds. The highest BCUT2D eigenvalue weighted by Crippen LogP contribution is 2.32. The summed E-state index contributed by atoms with van der Waals surface area (Å²) in [5.41, 5.74) is 5.88. The number of hydrogen-bond acceptors (Lipinski definition) is 10. The van der Waals surface area contributed by atoms with Gasteiger partial charge in [0.2, 0.25) is 0 Å². The predicted molar refractivity (Wildman–Crippen MR) is 96.1 cm³/mol. The minimum Gasteiger partial charge on any atom is -0.479 e. The van der Waals surface area contributed by atoms with Gasteiger partial charge in [-0.15, -0.1) is 0 Å². The van der Waals surface area contributed by atoms with Gasteiger partial charge in [-0.05, 0) is 31.2 Å². The lowest BCUT2D eigenvalue weighted by Crippen LogP contribution is -2.65. The molecule has 1 aromatic carbocycles. The number of aliphatic hydroxyl groups is 3. The van der Waals surface area contributed by atoms with Gasteiger partial charge in [-0.1, -0.05) is 5.16 Å². The standard InChI is InChI=1S/C16H19N3O9S/c1-7-6-10(18-28-7)19(29(25,26)9-4-2-8(17)3-5-9)15-13(22)11(20)12(21)14(27-15)16(23)24/h2-6,11-15,20-22H,17H2,1H3,(H,23,24)/t11-,12-,13-,14?,15+/m0/s1. The number of nitrogens with two attached hydrogens (primary N) is 1. The average Bonchev–Trinajstić information content (AvgIpc) is 3.07. The maximum absolute atomic E-state index is 13.3. The van der Waals surface area contributed by atoms with E-state index in [1.807, 2.05) is 0 Å². The summed E-state index contributed by atoms with van der Waals surface area (Å²) in [6, 6.07) is 6.27. The van der Waals surface area contributed by atoms with Crippen molar-refractivity contribution in [3.63, 3.8) is 0 Å². The molecular formula is C16H19N3O9S. The second-order valence-electron chi connectivity index (χ2n) is 6.42. The number of nitrogens with zero attached hydrogens (tertiary/aromatic N) is 2. The van der Waals surface area contributed by atoms with Crippen molar-refractivity contribution in [2.75, 3.05) is 10.0 Å². The second kappa shape index (κ2) is 7.61. The molecule has 1 aliphatic rings. The number of anilines is 2. The van der Waals surface area contributed by atoms with E-state index in [2.05, 4.69) is 5.16 Å². The summed E-state index contributed by atoms with van der Waals surface area (Å²) in [5.74, 6) is -1.76. The smallest absolute Gasteiger partial charge is 0.335 e. The number of ether oxygens (including phenoxy) is 1. The van der Waals surface area contributed by atoms with E-state index in [4.69, 9.17) is 15.0 Å². The Balaban J connectivity index is 2.13. The lowest BCUT2D eigenvalue weighted by atomic mass is 9.98. The van der Waals surface area contributed by atoms with E-state index in [1.165, 1.54) is 37.3 Å². The van der Waals surface area contributed by atoms with Crippen LogP contribution in [0.4, 0.5) is 11.5 Å². The number of rotatable bonds is 5. The van der Waals surface area contributed by atoms with Crippen LogP contribution in [0.2, 0.25) is 0 Å². The minimum absolute atomic E-state index is 0.221. The van der Waals surface area contributed by atoms with Gasteiger partial charge in [0.1, 0.15) is 24.1 Å². The molecule has 5 atom stereocenters. The Morgan fingerprint density at radius 3 is 2.28 bits per heavy atom. The first-order chi connectivity index (χ1) is 13.5. The molecule has 1 unspecified atom stereocenters. The number of sulfonamides is 1. The Labute approximate surface area is 164 Å². The zero-order valence-electron chi connectivity index (χ0n) is 15.0. The number of aliphatic hydroxyl groups excluding tert-OH is 3. The van der Waals surface area contributed by atoms with Crippen LogP contribution in [0.3, 0.4) is 0 Å². The highest BCUT2D eigenvalue weighted by Gasteiger charge is 2.52. The molecule has 29 heavy (non-hydrogen) atoms. The number of benzene rings is 1. The molecule has 0 aliphatic carbocycles. The van der Waals surface area contributed by atoms with Gasteiger partial charge in [0.15, 0.2) is 18.1 Å². The van der Waals surface area contributed by atoms with E-state index in [1.54, 1.807) is 0 Å². The normalized spacial score (nSPS) is 27.5. The Morgan fingerprint density at radius 2 is 1.76 bits per heavy atom. The molecule has 1 aliphatic heterocycles. The molecule has 2 aromatic rings. The average molecular weight is 429 g/mol. The van der Waals surface area contributed by atoms with Gasteiger partial charge in [0.25, 0.3) is 10.0 Å². The van der Waals surface area contributed by atoms with Crippen molar-refractivity contribution in [1.82, 2.24) is 5.16 Å².